The largest absolute Gasteiger partial charge is 0.422 e. The smallest absolute Gasteiger partial charge is 0.344 e. The zero-order valence-corrected chi connectivity index (χ0v) is 16.0. The van der Waals surface area contributed by atoms with Crippen molar-refractivity contribution in [2.24, 2.45) is 0 Å². The number of hydrogen-bond acceptors (Lipinski definition) is 3. The van der Waals surface area contributed by atoms with E-state index >= 15 is 0 Å². The summed E-state index contributed by atoms with van der Waals surface area (Å²) in [6.07, 6.45) is 2.67. The molecule has 3 aromatic carbocycles. The Balaban J connectivity index is 1.86. The van der Waals surface area contributed by atoms with Gasteiger partial charge in [0.2, 0.25) is 0 Å². The number of hydrogen-bond donors (Lipinski definition) is 0. The molecule has 0 spiro atoms. The molecule has 0 saturated carbocycles. The van der Waals surface area contributed by atoms with Gasteiger partial charge in [0, 0.05) is 4.47 Å². The molecule has 140 valence electrons. The van der Waals surface area contributed by atoms with Gasteiger partial charge in [-0.15, -0.1) is 0 Å². The van der Waals surface area contributed by atoms with Gasteiger partial charge in [0.1, 0.15) is 17.4 Å². The molecule has 6 heteroatoms. The third-order valence-corrected chi connectivity index (χ3v) is 4.49. The molecule has 0 heterocycles. The third kappa shape index (κ3) is 4.78. The Bertz CT molecular complexity index is 1060. The van der Waals surface area contributed by atoms with Crippen LogP contribution in [0.5, 0.6) is 5.75 Å². The van der Waals surface area contributed by atoms with Crippen LogP contribution in [0.3, 0.4) is 0 Å². The van der Waals surface area contributed by atoms with Crippen molar-refractivity contribution in [3.05, 3.63) is 106 Å². The van der Waals surface area contributed by atoms with E-state index in [1.807, 2.05) is 0 Å². The summed E-state index contributed by atoms with van der Waals surface area (Å²) in [5, 5.41) is 0. The van der Waals surface area contributed by atoms with Gasteiger partial charge in [0.05, 0.1) is 11.1 Å². The quantitative estimate of drug-likeness (QED) is 0.215. The second-order valence-corrected chi connectivity index (χ2v) is 6.61. The van der Waals surface area contributed by atoms with Crippen LogP contribution in [0.1, 0.15) is 26.3 Å². The van der Waals surface area contributed by atoms with Crippen LogP contribution in [0, 0.1) is 11.6 Å². The van der Waals surface area contributed by atoms with Crippen molar-refractivity contribution < 1.29 is 23.1 Å². The van der Waals surface area contributed by atoms with Crippen LogP contribution in [0.15, 0.2) is 77.3 Å². The zero-order valence-electron chi connectivity index (χ0n) is 14.4. The van der Waals surface area contributed by atoms with Crippen LogP contribution in [0.4, 0.5) is 8.78 Å². The SMILES string of the molecule is O=C(Oc1ccc(F)cc1C(=O)C=Cc1ccc(F)cc1)c1ccccc1Br. The fraction of sp³-hybridized carbons (Fsp3) is 0. The van der Waals surface area contributed by atoms with Crippen molar-refractivity contribution in [2.45, 2.75) is 0 Å². The Morgan fingerprint density at radius 1 is 0.857 bits per heavy atom. The molecule has 3 nitrogen and oxygen atoms in total. The summed E-state index contributed by atoms with van der Waals surface area (Å²) in [5.41, 5.74) is 0.767. The standard InChI is InChI=1S/C22H13BrF2O3/c23-19-4-2-1-3-17(19)22(27)28-21-12-10-16(25)13-18(21)20(26)11-7-14-5-8-15(24)9-6-14/h1-13H. The van der Waals surface area contributed by atoms with E-state index in [1.165, 1.54) is 42.5 Å². The highest BCUT2D eigenvalue weighted by Gasteiger charge is 2.17. The van der Waals surface area contributed by atoms with Crippen molar-refractivity contribution >= 4 is 33.8 Å². The Labute approximate surface area is 168 Å². The molecule has 0 radical (unpaired) electrons. The van der Waals surface area contributed by atoms with Gasteiger partial charge in [-0.05, 0) is 70.0 Å². The monoisotopic (exact) mass is 442 g/mol. The Morgan fingerprint density at radius 3 is 2.25 bits per heavy atom. The zero-order chi connectivity index (χ0) is 20.1. The van der Waals surface area contributed by atoms with Crippen LogP contribution in [0.25, 0.3) is 6.08 Å². The predicted molar refractivity (Wildman–Crippen MR) is 105 cm³/mol. The molecular weight excluding hydrogens is 430 g/mol. The first-order valence-electron chi connectivity index (χ1n) is 8.18. The lowest BCUT2D eigenvalue weighted by Crippen LogP contribution is -2.12. The van der Waals surface area contributed by atoms with Crippen LogP contribution in [-0.2, 0) is 0 Å². The molecule has 0 amide bonds. The molecule has 0 atom stereocenters. The predicted octanol–water partition coefficient (Wildman–Crippen LogP) is 5.84. The van der Waals surface area contributed by atoms with E-state index in [9.17, 15) is 18.4 Å². The van der Waals surface area contributed by atoms with E-state index in [0.29, 0.717) is 10.0 Å². The number of rotatable bonds is 5. The van der Waals surface area contributed by atoms with Crippen molar-refractivity contribution in [1.29, 1.82) is 0 Å². The first kappa shape index (κ1) is 19.6. The minimum absolute atomic E-state index is 0.0593. The van der Waals surface area contributed by atoms with E-state index in [-0.39, 0.29) is 16.9 Å². The number of halogens is 3. The van der Waals surface area contributed by atoms with Crippen molar-refractivity contribution in [3.8, 4) is 5.75 Å². The highest BCUT2D eigenvalue weighted by Crippen LogP contribution is 2.24. The van der Waals surface area contributed by atoms with Gasteiger partial charge in [-0.25, -0.2) is 13.6 Å². The lowest BCUT2D eigenvalue weighted by Gasteiger charge is -2.09. The first-order valence-corrected chi connectivity index (χ1v) is 8.97. The highest BCUT2D eigenvalue weighted by molar-refractivity contribution is 9.10. The fourth-order valence-corrected chi connectivity index (χ4v) is 2.85. The molecule has 0 saturated heterocycles. The van der Waals surface area contributed by atoms with Gasteiger partial charge in [0.15, 0.2) is 5.78 Å². The molecule has 0 fully saturated rings. The number of allylic oxidation sites excluding steroid dienone is 1. The Kier molecular flexibility index (Phi) is 6.11. The molecule has 3 rings (SSSR count). The summed E-state index contributed by atoms with van der Waals surface area (Å²) < 4.78 is 32.5. The minimum atomic E-state index is -0.685. The van der Waals surface area contributed by atoms with Crippen LogP contribution >= 0.6 is 15.9 Å². The number of carbonyl (C=O) groups excluding carboxylic acids is 2. The van der Waals surface area contributed by atoms with E-state index in [1.54, 1.807) is 24.3 Å². The van der Waals surface area contributed by atoms with Gasteiger partial charge < -0.3 is 4.74 Å². The normalized spacial score (nSPS) is 10.8. The molecule has 28 heavy (non-hydrogen) atoms. The second kappa shape index (κ2) is 8.71. The number of ketones is 1. The number of carbonyl (C=O) groups is 2. The van der Waals surface area contributed by atoms with E-state index < -0.39 is 23.4 Å². The minimum Gasteiger partial charge on any atom is -0.422 e. The Morgan fingerprint density at radius 2 is 1.54 bits per heavy atom. The third-order valence-electron chi connectivity index (χ3n) is 3.80. The molecule has 0 aliphatic carbocycles. The summed E-state index contributed by atoms with van der Waals surface area (Å²) in [5.74, 6) is -2.33. The molecular formula is C22H13BrF2O3. The van der Waals surface area contributed by atoms with Gasteiger partial charge in [-0.2, -0.15) is 0 Å². The van der Waals surface area contributed by atoms with Gasteiger partial charge in [-0.1, -0.05) is 30.3 Å². The number of ether oxygens (including phenoxy) is 1. The van der Waals surface area contributed by atoms with Gasteiger partial charge in [0.25, 0.3) is 0 Å². The van der Waals surface area contributed by atoms with E-state index in [0.717, 1.165) is 12.1 Å². The first-order chi connectivity index (χ1) is 13.4. The van der Waals surface area contributed by atoms with Gasteiger partial charge >= 0.3 is 5.97 Å². The van der Waals surface area contributed by atoms with Crippen molar-refractivity contribution in [3.63, 3.8) is 0 Å². The summed E-state index contributed by atoms with van der Waals surface area (Å²) in [7, 11) is 0. The summed E-state index contributed by atoms with van der Waals surface area (Å²) in [6.45, 7) is 0. The average Bonchev–Trinajstić information content (AvgIpc) is 2.69. The fourth-order valence-electron chi connectivity index (χ4n) is 2.40. The van der Waals surface area contributed by atoms with Gasteiger partial charge in [-0.3, -0.25) is 4.79 Å². The number of benzene rings is 3. The maximum atomic E-state index is 13.7. The van der Waals surface area contributed by atoms with Crippen LogP contribution in [0.2, 0.25) is 0 Å². The highest BCUT2D eigenvalue weighted by atomic mass is 79.9. The molecule has 0 N–H and O–H groups in total. The van der Waals surface area contributed by atoms with Crippen molar-refractivity contribution in [1.82, 2.24) is 0 Å². The maximum absolute atomic E-state index is 13.7. The summed E-state index contributed by atoms with van der Waals surface area (Å²) in [6, 6.07) is 15.5. The maximum Gasteiger partial charge on any atom is 0.344 e. The molecule has 0 aliphatic rings. The van der Waals surface area contributed by atoms with Crippen LogP contribution in [-0.4, -0.2) is 11.8 Å². The molecule has 0 aliphatic heterocycles. The summed E-state index contributed by atoms with van der Waals surface area (Å²) >= 11 is 3.26. The average molecular weight is 443 g/mol. The molecule has 0 aromatic heterocycles. The lowest BCUT2D eigenvalue weighted by molar-refractivity contribution is 0.0732. The van der Waals surface area contributed by atoms with E-state index in [4.69, 9.17) is 4.74 Å². The second-order valence-electron chi connectivity index (χ2n) is 5.76. The lowest BCUT2D eigenvalue weighted by atomic mass is 10.1. The number of esters is 1. The summed E-state index contributed by atoms with van der Waals surface area (Å²) in [4.78, 5) is 24.9. The molecule has 3 aromatic rings. The van der Waals surface area contributed by atoms with Crippen LogP contribution < -0.4 is 4.74 Å². The Hall–Kier alpha value is -3.12. The topological polar surface area (TPSA) is 43.4 Å². The molecule has 0 bridgehead atoms. The molecule has 0 unspecified atom stereocenters. The van der Waals surface area contributed by atoms with E-state index in [2.05, 4.69) is 15.9 Å². The van der Waals surface area contributed by atoms with Crippen molar-refractivity contribution in [2.75, 3.05) is 0 Å².